The normalized spacial score (nSPS) is 21.2. The summed E-state index contributed by atoms with van der Waals surface area (Å²) in [7, 11) is 0. The first-order chi connectivity index (χ1) is 7.58. The maximum Gasteiger partial charge on any atom is 0.264 e. The Balaban J connectivity index is 2.12. The third kappa shape index (κ3) is 2.81. The molecule has 2 nitrogen and oxygen atoms in total. The molecule has 1 unspecified atom stereocenters. The number of likely N-dealkylation sites (tertiary alicyclic amines) is 1. The lowest BCUT2D eigenvalue weighted by molar-refractivity contribution is 0.0732. The number of rotatable bonds is 1. The summed E-state index contributed by atoms with van der Waals surface area (Å²) in [6, 6.07) is 1.86. The molecule has 0 spiro atoms. The summed E-state index contributed by atoms with van der Waals surface area (Å²) >= 11 is 14.3. The van der Waals surface area contributed by atoms with Crippen molar-refractivity contribution in [3.8, 4) is 0 Å². The fourth-order valence-corrected chi connectivity index (χ4v) is 4.04. The van der Waals surface area contributed by atoms with E-state index in [9.17, 15) is 4.79 Å². The number of piperidine rings is 1. The second-order valence-corrected chi connectivity index (χ2v) is 7.56. The van der Waals surface area contributed by atoms with Crippen molar-refractivity contribution >= 4 is 60.7 Å². The molecule has 6 heteroatoms. The molecule has 1 atom stereocenters. The average Bonchev–Trinajstić information content (AvgIpc) is 2.58. The summed E-state index contributed by atoms with van der Waals surface area (Å²) in [6.45, 7) is 1.47. The number of halogens is 3. The molecule has 1 amide bonds. The van der Waals surface area contributed by atoms with Gasteiger partial charge >= 0.3 is 0 Å². The Labute approximate surface area is 120 Å². The maximum absolute atomic E-state index is 12.1. The Hall–Kier alpha value is 0.420. The van der Waals surface area contributed by atoms with Crippen LogP contribution in [0.15, 0.2) is 14.3 Å². The third-order valence-electron chi connectivity index (χ3n) is 2.51. The van der Waals surface area contributed by atoms with Gasteiger partial charge in [-0.05, 0) is 50.8 Å². The van der Waals surface area contributed by atoms with Gasteiger partial charge in [-0.3, -0.25) is 4.79 Å². The van der Waals surface area contributed by atoms with Crippen LogP contribution in [0.2, 0.25) is 0 Å². The molecule has 0 aliphatic carbocycles. The molecule has 2 heterocycles. The topological polar surface area (TPSA) is 20.3 Å². The molecule has 1 aromatic rings. The number of nitrogens with zero attached hydrogens (tertiary/aromatic N) is 1. The summed E-state index contributed by atoms with van der Waals surface area (Å²) in [5.41, 5.74) is 0. The molecule has 16 heavy (non-hydrogen) atoms. The van der Waals surface area contributed by atoms with Crippen LogP contribution in [-0.4, -0.2) is 29.3 Å². The minimum Gasteiger partial charge on any atom is -0.336 e. The van der Waals surface area contributed by atoms with Gasteiger partial charge in [0.1, 0.15) is 0 Å². The molecule has 0 N–H and O–H groups in total. The van der Waals surface area contributed by atoms with Gasteiger partial charge in [0.05, 0.1) is 14.0 Å². The Morgan fingerprint density at radius 1 is 1.56 bits per heavy atom. The van der Waals surface area contributed by atoms with Crippen LogP contribution in [0.4, 0.5) is 0 Å². The van der Waals surface area contributed by atoms with Crippen LogP contribution < -0.4 is 0 Å². The van der Waals surface area contributed by atoms with E-state index in [1.54, 1.807) is 0 Å². The third-order valence-corrected chi connectivity index (χ3v) is 6.11. The van der Waals surface area contributed by atoms with Gasteiger partial charge in [-0.2, -0.15) is 0 Å². The molecule has 1 aromatic heterocycles. The number of hydrogen-bond donors (Lipinski definition) is 0. The molecule has 1 aliphatic rings. The first-order valence-electron chi connectivity index (χ1n) is 4.96. The Kier molecular flexibility index (Phi) is 4.32. The molecular weight excluding hydrogens is 377 g/mol. The van der Waals surface area contributed by atoms with Crippen molar-refractivity contribution in [1.82, 2.24) is 4.90 Å². The molecule has 2 rings (SSSR count). The van der Waals surface area contributed by atoms with Crippen molar-refractivity contribution in [1.29, 1.82) is 0 Å². The first-order valence-corrected chi connectivity index (χ1v) is 7.80. The predicted octanol–water partition coefficient (Wildman–Crippen LogP) is 4.12. The summed E-state index contributed by atoms with van der Waals surface area (Å²) in [4.78, 5) is 14.7. The highest BCUT2D eigenvalue weighted by atomic mass is 79.9. The van der Waals surface area contributed by atoms with Crippen LogP contribution in [0.1, 0.15) is 22.5 Å². The lowest BCUT2D eigenvalue weighted by Gasteiger charge is -2.29. The molecule has 0 saturated carbocycles. The van der Waals surface area contributed by atoms with E-state index in [1.165, 1.54) is 11.3 Å². The highest BCUT2D eigenvalue weighted by Crippen LogP contribution is 2.33. The van der Waals surface area contributed by atoms with Gasteiger partial charge in [-0.25, -0.2) is 0 Å². The van der Waals surface area contributed by atoms with E-state index in [0.717, 1.165) is 32.5 Å². The van der Waals surface area contributed by atoms with Crippen molar-refractivity contribution in [3.05, 3.63) is 19.2 Å². The van der Waals surface area contributed by atoms with E-state index in [2.05, 4.69) is 31.9 Å². The van der Waals surface area contributed by atoms with Gasteiger partial charge in [0.2, 0.25) is 0 Å². The number of carbonyl (C=O) groups excluding carboxylic acids is 1. The lowest BCUT2D eigenvalue weighted by atomic mass is 10.1. The van der Waals surface area contributed by atoms with Crippen LogP contribution >= 0.6 is 54.8 Å². The van der Waals surface area contributed by atoms with Crippen molar-refractivity contribution in [3.63, 3.8) is 0 Å². The number of carbonyl (C=O) groups is 1. The second-order valence-electron chi connectivity index (χ2n) is 3.72. The fraction of sp³-hybridized carbons (Fsp3) is 0.500. The number of alkyl halides is 1. The van der Waals surface area contributed by atoms with Gasteiger partial charge in [0.15, 0.2) is 0 Å². The van der Waals surface area contributed by atoms with Gasteiger partial charge in [0.25, 0.3) is 5.91 Å². The van der Waals surface area contributed by atoms with E-state index in [4.69, 9.17) is 11.6 Å². The van der Waals surface area contributed by atoms with Gasteiger partial charge in [0, 0.05) is 17.6 Å². The van der Waals surface area contributed by atoms with Crippen LogP contribution in [0.25, 0.3) is 0 Å². The number of hydrogen-bond acceptors (Lipinski definition) is 2. The molecule has 1 fully saturated rings. The zero-order valence-corrected chi connectivity index (χ0v) is 13.1. The van der Waals surface area contributed by atoms with Crippen molar-refractivity contribution in [2.75, 3.05) is 13.1 Å². The Bertz CT molecular complexity index is 390. The van der Waals surface area contributed by atoms with Crippen molar-refractivity contribution in [2.45, 2.75) is 18.2 Å². The fourth-order valence-electron chi connectivity index (χ4n) is 1.72. The van der Waals surface area contributed by atoms with Gasteiger partial charge in [-0.15, -0.1) is 22.9 Å². The zero-order valence-electron chi connectivity index (χ0n) is 8.38. The quantitative estimate of drug-likeness (QED) is 0.664. The molecule has 1 saturated heterocycles. The minimum atomic E-state index is 0.0850. The maximum atomic E-state index is 12.1. The highest BCUT2D eigenvalue weighted by Gasteiger charge is 2.24. The van der Waals surface area contributed by atoms with E-state index in [1.807, 2.05) is 11.0 Å². The molecule has 0 aromatic carbocycles. The zero-order chi connectivity index (χ0) is 11.7. The highest BCUT2D eigenvalue weighted by molar-refractivity contribution is 9.13. The SMILES string of the molecule is O=C(c1cc(Br)c(Br)s1)N1CCCC(Cl)C1. The minimum absolute atomic E-state index is 0.0850. The molecule has 88 valence electrons. The molecule has 0 bridgehead atoms. The van der Waals surface area contributed by atoms with Crippen LogP contribution in [0, 0.1) is 0 Å². The number of amides is 1. The predicted molar refractivity (Wildman–Crippen MR) is 74.5 cm³/mol. The van der Waals surface area contributed by atoms with Crippen molar-refractivity contribution < 1.29 is 4.79 Å². The summed E-state index contributed by atoms with van der Waals surface area (Å²) in [5, 5.41) is 0.101. The monoisotopic (exact) mass is 385 g/mol. The standard InChI is InChI=1S/C10H10Br2ClNOS/c11-7-4-8(16-9(7)12)10(15)14-3-1-2-6(13)5-14/h4,6H,1-3,5H2. The van der Waals surface area contributed by atoms with Crippen LogP contribution in [-0.2, 0) is 0 Å². The summed E-state index contributed by atoms with van der Waals surface area (Å²) < 4.78 is 1.88. The molecular formula is C10H10Br2ClNOS. The lowest BCUT2D eigenvalue weighted by Crippen LogP contribution is -2.40. The van der Waals surface area contributed by atoms with Crippen LogP contribution in [0.5, 0.6) is 0 Å². The first kappa shape index (κ1) is 12.9. The van der Waals surface area contributed by atoms with E-state index < -0.39 is 0 Å². The van der Waals surface area contributed by atoms with Crippen molar-refractivity contribution in [2.24, 2.45) is 0 Å². The summed E-state index contributed by atoms with van der Waals surface area (Å²) in [6.07, 6.45) is 2.00. The largest absolute Gasteiger partial charge is 0.336 e. The second kappa shape index (κ2) is 5.38. The Morgan fingerprint density at radius 3 is 2.88 bits per heavy atom. The summed E-state index contributed by atoms with van der Waals surface area (Å²) in [5.74, 6) is 0.0850. The van der Waals surface area contributed by atoms with Gasteiger partial charge in [-0.1, -0.05) is 0 Å². The van der Waals surface area contributed by atoms with E-state index in [0.29, 0.717) is 6.54 Å². The van der Waals surface area contributed by atoms with E-state index >= 15 is 0 Å². The molecule has 0 radical (unpaired) electrons. The average molecular weight is 388 g/mol. The van der Waals surface area contributed by atoms with E-state index in [-0.39, 0.29) is 11.3 Å². The Morgan fingerprint density at radius 2 is 2.31 bits per heavy atom. The number of thiophene rings is 1. The molecule has 1 aliphatic heterocycles. The van der Waals surface area contributed by atoms with Gasteiger partial charge < -0.3 is 4.90 Å². The van der Waals surface area contributed by atoms with Crippen LogP contribution in [0.3, 0.4) is 0 Å². The smallest absolute Gasteiger partial charge is 0.264 e.